The molecule has 10 heteroatoms. The van der Waals surface area contributed by atoms with Crippen LogP contribution in [-0.2, 0) is 17.8 Å². The van der Waals surface area contributed by atoms with Gasteiger partial charge in [0.05, 0.1) is 38.9 Å². The first-order valence-corrected chi connectivity index (χ1v) is 11.9. The SMILES string of the molecule is CC[C@H](c1nnnn1CCOC)N(Cc1cc2cc(OC)c(OC)cc2[nH]c1=O)C1CCCC1. The maximum absolute atomic E-state index is 13.1. The minimum absolute atomic E-state index is 0.00421. The van der Waals surface area contributed by atoms with Crippen LogP contribution in [0.2, 0.25) is 0 Å². The third kappa shape index (κ3) is 4.92. The van der Waals surface area contributed by atoms with Crippen molar-refractivity contribution in [1.82, 2.24) is 30.1 Å². The number of methoxy groups -OCH3 is 3. The standard InChI is InChI=1S/C24H34N6O4/c1-5-20(23-26-27-28-30(23)10-11-32-2)29(18-8-6-7-9-18)15-17-12-16-13-21(33-3)22(34-4)14-19(16)25-24(17)31/h12-14,18,20H,5-11,15H2,1-4H3,(H,25,31)/t20-/m1/s1. The Bertz CT molecular complexity index is 1150. The third-order valence-electron chi connectivity index (χ3n) is 6.72. The highest BCUT2D eigenvalue weighted by atomic mass is 16.5. The van der Waals surface area contributed by atoms with Crippen LogP contribution >= 0.6 is 0 Å². The molecule has 0 saturated heterocycles. The smallest absolute Gasteiger partial charge is 0.252 e. The number of ether oxygens (including phenoxy) is 3. The summed E-state index contributed by atoms with van der Waals surface area (Å²) in [5.74, 6) is 2.03. The van der Waals surface area contributed by atoms with Gasteiger partial charge in [0, 0.05) is 36.7 Å². The number of fused-ring (bicyclic) bond motifs is 1. The van der Waals surface area contributed by atoms with Gasteiger partial charge >= 0.3 is 0 Å². The van der Waals surface area contributed by atoms with Crippen molar-refractivity contribution in [2.75, 3.05) is 27.9 Å². The van der Waals surface area contributed by atoms with E-state index in [1.54, 1.807) is 27.4 Å². The molecule has 10 nitrogen and oxygen atoms in total. The van der Waals surface area contributed by atoms with E-state index in [0.717, 1.165) is 36.0 Å². The van der Waals surface area contributed by atoms with E-state index >= 15 is 0 Å². The van der Waals surface area contributed by atoms with Gasteiger partial charge in [-0.2, -0.15) is 0 Å². The highest BCUT2D eigenvalue weighted by Gasteiger charge is 2.32. The van der Waals surface area contributed by atoms with Crippen LogP contribution in [0, 0.1) is 0 Å². The lowest BCUT2D eigenvalue weighted by molar-refractivity contribution is 0.109. The zero-order chi connectivity index (χ0) is 24.1. The fourth-order valence-corrected chi connectivity index (χ4v) is 4.97. The average molecular weight is 471 g/mol. The molecule has 184 valence electrons. The van der Waals surface area contributed by atoms with Crippen molar-refractivity contribution in [2.24, 2.45) is 0 Å². The Morgan fingerprint density at radius 2 is 1.88 bits per heavy atom. The summed E-state index contributed by atoms with van der Waals surface area (Å²) >= 11 is 0. The molecule has 34 heavy (non-hydrogen) atoms. The van der Waals surface area contributed by atoms with E-state index in [-0.39, 0.29) is 11.6 Å². The Kier molecular flexibility index (Phi) is 7.79. The molecule has 1 atom stereocenters. The Balaban J connectivity index is 1.72. The summed E-state index contributed by atoms with van der Waals surface area (Å²) in [6, 6.07) is 6.02. The van der Waals surface area contributed by atoms with Gasteiger partial charge in [-0.1, -0.05) is 19.8 Å². The summed E-state index contributed by atoms with van der Waals surface area (Å²) in [5, 5.41) is 13.4. The molecule has 1 saturated carbocycles. The molecule has 1 aliphatic rings. The first-order valence-electron chi connectivity index (χ1n) is 11.9. The van der Waals surface area contributed by atoms with Gasteiger partial charge in [0.1, 0.15) is 0 Å². The zero-order valence-corrected chi connectivity index (χ0v) is 20.4. The van der Waals surface area contributed by atoms with Gasteiger partial charge in [-0.3, -0.25) is 9.69 Å². The van der Waals surface area contributed by atoms with Crippen molar-refractivity contribution >= 4 is 10.9 Å². The van der Waals surface area contributed by atoms with Crippen molar-refractivity contribution in [2.45, 2.75) is 64.2 Å². The average Bonchev–Trinajstić information content (AvgIpc) is 3.54. The van der Waals surface area contributed by atoms with Gasteiger partial charge in [0.2, 0.25) is 0 Å². The summed E-state index contributed by atoms with van der Waals surface area (Å²) in [4.78, 5) is 18.6. The molecule has 0 unspecified atom stereocenters. The number of hydrogen-bond donors (Lipinski definition) is 1. The van der Waals surface area contributed by atoms with Crippen LogP contribution in [0.3, 0.4) is 0 Å². The van der Waals surface area contributed by atoms with Gasteiger partial charge in [0.15, 0.2) is 17.3 Å². The molecular formula is C24H34N6O4. The van der Waals surface area contributed by atoms with Gasteiger partial charge in [-0.25, -0.2) is 4.68 Å². The van der Waals surface area contributed by atoms with Crippen LogP contribution in [0.15, 0.2) is 23.0 Å². The Morgan fingerprint density at radius 3 is 2.56 bits per heavy atom. The van der Waals surface area contributed by atoms with Crippen molar-refractivity contribution in [3.63, 3.8) is 0 Å². The molecule has 0 radical (unpaired) electrons. The van der Waals surface area contributed by atoms with Crippen LogP contribution in [-0.4, -0.2) is 64.1 Å². The second kappa shape index (κ2) is 11.0. The maximum atomic E-state index is 13.1. The van der Waals surface area contributed by atoms with E-state index in [1.807, 2.05) is 16.8 Å². The molecule has 2 aromatic heterocycles. The van der Waals surface area contributed by atoms with Crippen LogP contribution < -0.4 is 15.0 Å². The first-order chi connectivity index (χ1) is 16.6. The van der Waals surface area contributed by atoms with E-state index in [4.69, 9.17) is 14.2 Å². The monoisotopic (exact) mass is 470 g/mol. The molecule has 1 aromatic carbocycles. The molecule has 1 aliphatic carbocycles. The summed E-state index contributed by atoms with van der Waals surface area (Å²) in [7, 11) is 4.86. The molecule has 4 rings (SSSR count). The maximum Gasteiger partial charge on any atom is 0.252 e. The van der Waals surface area contributed by atoms with Crippen LogP contribution in [0.4, 0.5) is 0 Å². The van der Waals surface area contributed by atoms with Crippen LogP contribution in [0.5, 0.6) is 11.5 Å². The van der Waals surface area contributed by atoms with Crippen molar-refractivity contribution in [1.29, 1.82) is 0 Å². The number of H-pyrrole nitrogens is 1. The lowest BCUT2D eigenvalue weighted by atomic mass is 10.0. The Hall–Kier alpha value is -2.98. The van der Waals surface area contributed by atoms with E-state index in [1.165, 1.54) is 12.8 Å². The van der Waals surface area contributed by atoms with Gasteiger partial charge in [-0.15, -0.1) is 5.10 Å². The van der Waals surface area contributed by atoms with Gasteiger partial charge in [-0.05, 0) is 41.8 Å². The second-order valence-electron chi connectivity index (χ2n) is 8.71. The fourth-order valence-electron chi connectivity index (χ4n) is 4.97. The lowest BCUT2D eigenvalue weighted by Crippen LogP contribution is -2.39. The third-order valence-corrected chi connectivity index (χ3v) is 6.72. The second-order valence-corrected chi connectivity index (χ2v) is 8.71. The number of aromatic amines is 1. The topological polar surface area (TPSA) is 107 Å². The summed E-state index contributed by atoms with van der Waals surface area (Å²) in [5.41, 5.74) is 1.33. The summed E-state index contributed by atoms with van der Waals surface area (Å²) < 4.78 is 17.9. The Labute approximate surface area is 199 Å². The van der Waals surface area contributed by atoms with Crippen LogP contribution in [0.25, 0.3) is 10.9 Å². The molecule has 0 spiro atoms. The largest absolute Gasteiger partial charge is 0.493 e. The summed E-state index contributed by atoms with van der Waals surface area (Å²) in [6.45, 7) is 3.78. The van der Waals surface area contributed by atoms with Crippen molar-refractivity contribution in [3.8, 4) is 11.5 Å². The Morgan fingerprint density at radius 1 is 1.15 bits per heavy atom. The highest BCUT2D eigenvalue weighted by molar-refractivity contribution is 5.83. The van der Waals surface area contributed by atoms with E-state index in [0.29, 0.717) is 42.8 Å². The fraction of sp³-hybridized carbons (Fsp3) is 0.583. The number of aromatic nitrogens is 5. The molecular weight excluding hydrogens is 436 g/mol. The summed E-state index contributed by atoms with van der Waals surface area (Å²) in [6.07, 6.45) is 5.42. The zero-order valence-electron chi connectivity index (χ0n) is 20.4. The lowest BCUT2D eigenvalue weighted by Gasteiger charge is -2.35. The minimum Gasteiger partial charge on any atom is -0.493 e. The predicted octanol–water partition coefficient (Wildman–Crippen LogP) is 3.07. The number of pyridine rings is 1. The van der Waals surface area contributed by atoms with Gasteiger partial charge in [0.25, 0.3) is 5.56 Å². The molecule has 0 amide bonds. The number of rotatable bonds is 11. The highest BCUT2D eigenvalue weighted by Crippen LogP contribution is 2.34. The predicted molar refractivity (Wildman–Crippen MR) is 128 cm³/mol. The molecule has 1 N–H and O–H groups in total. The first kappa shape index (κ1) is 24.2. The number of nitrogens with one attached hydrogen (secondary N) is 1. The molecule has 1 fully saturated rings. The normalized spacial score (nSPS) is 15.3. The van der Waals surface area contributed by atoms with E-state index in [9.17, 15) is 4.79 Å². The number of hydrogen-bond acceptors (Lipinski definition) is 8. The van der Waals surface area contributed by atoms with Crippen molar-refractivity contribution in [3.05, 3.63) is 39.9 Å². The number of nitrogens with zero attached hydrogens (tertiary/aromatic N) is 5. The molecule has 0 aliphatic heterocycles. The molecule has 2 heterocycles. The minimum atomic E-state index is -0.100. The molecule has 3 aromatic rings. The molecule has 0 bridgehead atoms. The number of benzene rings is 1. The van der Waals surface area contributed by atoms with Crippen molar-refractivity contribution < 1.29 is 14.2 Å². The van der Waals surface area contributed by atoms with E-state index in [2.05, 4.69) is 32.3 Å². The van der Waals surface area contributed by atoms with E-state index < -0.39 is 0 Å². The van der Waals surface area contributed by atoms with Crippen LogP contribution in [0.1, 0.15) is 56.5 Å². The van der Waals surface area contributed by atoms with Gasteiger partial charge < -0.3 is 19.2 Å². The quantitative estimate of drug-likeness (QED) is 0.456. The number of tetrazole rings is 1.